The monoisotopic (exact) mass is 473 g/mol. The third-order valence-electron chi connectivity index (χ3n) is 6.04. The lowest BCUT2D eigenvalue weighted by Gasteiger charge is -2.15. The molecule has 1 aromatic heterocycles. The summed E-state index contributed by atoms with van der Waals surface area (Å²) in [4.78, 5) is 39.7. The van der Waals surface area contributed by atoms with E-state index in [-0.39, 0.29) is 31.3 Å². The van der Waals surface area contributed by atoms with Crippen LogP contribution in [-0.2, 0) is 20.7 Å². The lowest BCUT2D eigenvalue weighted by Crippen LogP contribution is -2.37. The number of rotatable bonds is 9. The van der Waals surface area contributed by atoms with E-state index < -0.39 is 18.1 Å². The van der Waals surface area contributed by atoms with Gasteiger partial charge in [-0.2, -0.15) is 0 Å². The molecule has 1 unspecified atom stereocenters. The van der Waals surface area contributed by atoms with Gasteiger partial charge in [-0.15, -0.1) is 0 Å². The van der Waals surface area contributed by atoms with Crippen molar-refractivity contribution < 1.29 is 24.2 Å². The van der Waals surface area contributed by atoms with E-state index >= 15 is 0 Å². The Labute approximate surface area is 203 Å². The van der Waals surface area contributed by atoms with Gasteiger partial charge in [-0.25, -0.2) is 4.79 Å². The van der Waals surface area contributed by atoms with Gasteiger partial charge in [0.2, 0.25) is 5.91 Å². The van der Waals surface area contributed by atoms with Crippen molar-refractivity contribution in [2.45, 2.75) is 38.1 Å². The number of amides is 2. The number of carbonyl (C=O) groups is 3. The van der Waals surface area contributed by atoms with Crippen LogP contribution >= 0.6 is 0 Å². The Hall–Kier alpha value is -4.20. The van der Waals surface area contributed by atoms with Gasteiger partial charge < -0.3 is 15.2 Å². The van der Waals surface area contributed by atoms with Gasteiger partial charge in [0.1, 0.15) is 6.61 Å². The highest BCUT2D eigenvalue weighted by molar-refractivity contribution is 5.85. The average Bonchev–Trinajstić information content (AvgIpc) is 3.17. The van der Waals surface area contributed by atoms with Crippen molar-refractivity contribution in [1.29, 1.82) is 0 Å². The zero-order valence-corrected chi connectivity index (χ0v) is 19.4. The third kappa shape index (κ3) is 5.84. The number of carbonyl (C=O) groups excluding carboxylic acids is 2. The number of hydrogen-bond donors (Lipinski definition) is 3. The quantitative estimate of drug-likeness (QED) is 0.425. The molecule has 0 saturated carbocycles. The maximum Gasteiger partial charge on any atom is 0.411 e. The number of carboxylic acids is 1. The molecule has 3 N–H and O–H groups in total. The number of anilines is 1. The van der Waals surface area contributed by atoms with Crippen LogP contribution in [0.3, 0.4) is 0 Å². The summed E-state index contributed by atoms with van der Waals surface area (Å²) in [6, 6.07) is 19.1. The second kappa shape index (κ2) is 10.8. The molecule has 2 aromatic carbocycles. The van der Waals surface area contributed by atoms with E-state index in [0.29, 0.717) is 17.8 Å². The molecule has 0 radical (unpaired) electrons. The number of ether oxygens (including phenoxy) is 1. The van der Waals surface area contributed by atoms with Crippen molar-refractivity contribution in [3.8, 4) is 11.1 Å². The lowest BCUT2D eigenvalue weighted by atomic mass is 9.98. The van der Waals surface area contributed by atoms with Crippen molar-refractivity contribution in [2.24, 2.45) is 0 Å². The minimum atomic E-state index is -0.959. The molecule has 0 bridgehead atoms. The Morgan fingerprint density at radius 3 is 2.23 bits per heavy atom. The zero-order chi connectivity index (χ0) is 24.8. The Kier molecular flexibility index (Phi) is 7.40. The van der Waals surface area contributed by atoms with Crippen LogP contribution in [0.1, 0.15) is 42.5 Å². The van der Waals surface area contributed by atoms with Gasteiger partial charge in [-0.1, -0.05) is 55.5 Å². The highest BCUT2D eigenvalue weighted by Crippen LogP contribution is 2.44. The molecule has 0 spiro atoms. The molecule has 1 heterocycles. The Morgan fingerprint density at radius 2 is 1.66 bits per heavy atom. The van der Waals surface area contributed by atoms with Gasteiger partial charge in [0.25, 0.3) is 0 Å². The van der Waals surface area contributed by atoms with Crippen molar-refractivity contribution in [1.82, 2.24) is 10.3 Å². The number of benzene rings is 2. The largest absolute Gasteiger partial charge is 0.481 e. The van der Waals surface area contributed by atoms with Crippen molar-refractivity contribution >= 4 is 23.7 Å². The summed E-state index contributed by atoms with van der Waals surface area (Å²) in [5.41, 5.74) is 5.55. The number of nitrogens with one attached hydrogen (secondary N) is 2. The first-order chi connectivity index (χ1) is 16.9. The summed E-state index contributed by atoms with van der Waals surface area (Å²) in [5, 5.41) is 14.3. The van der Waals surface area contributed by atoms with E-state index in [0.717, 1.165) is 22.3 Å². The fourth-order valence-corrected chi connectivity index (χ4v) is 4.31. The number of aromatic nitrogens is 1. The summed E-state index contributed by atoms with van der Waals surface area (Å²) in [6.45, 7) is 2.02. The number of hydrogen-bond acceptors (Lipinski definition) is 5. The second-order valence-corrected chi connectivity index (χ2v) is 8.44. The van der Waals surface area contributed by atoms with Crippen LogP contribution < -0.4 is 10.6 Å². The molecule has 0 aliphatic heterocycles. The Bertz CT molecular complexity index is 1180. The van der Waals surface area contributed by atoms with Crippen LogP contribution in [0.15, 0.2) is 66.9 Å². The molecule has 2 amide bonds. The van der Waals surface area contributed by atoms with Crippen molar-refractivity contribution in [3.63, 3.8) is 0 Å². The average molecular weight is 474 g/mol. The van der Waals surface area contributed by atoms with Gasteiger partial charge >= 0.3 is 12.1 Å². The molecule has 1 atom stereocenters. The molecule has 3 aromatic rings. The summed E-state index contributed by atoms with van der Waals surface area (Å²) in [7, 11) is 0. The summed E-state index contributed by atoms with van der Waals surface area (Å²) < 4.78 is 5.54. The van der Waals surface area contributed by atoms with E-state index in [1.807, 2.05) is 31.2 Å². The van der Waals surface area contributed by atoms with Gasteiger partial charge in [0.15, 0.2) is 0 Å². The van der Waals surface area contributed by atoms with E-state index in [1.165, 1.54) is 6.20 Å². The van der Waals surface area contributed by atoms with Crippen LogP contribution in [0.2, 0.25) is 0 Å². The zero-order valence-electron chi connectivity index (χ0n) is 19.4. The van der Waals surface area contributed by atoms with Crippen LogP contribution in [0.4, 0.5) is 10.5 Å². The molecule has 0 saturated heterocycles. The van der Waals surface area contributed by atoms with E-state index in [9.17, 15) is 14.4 Å². The molecule has 1 aliphatic rings. The predicted octanol–water partition coefficient (Wildman–Crippen LogP) is 4.35. The smallest absolute Gasteiger partial charge is 0.411 e. The fourth-order valence-electron chi connectivity index (χ4n) is 4.31. The van der Waals surface area contributed by atoms with Crippen molar-refractivity contribution in [2.75, 3.05) is 11.9 Å². The second-order valence-electron chi connectivity index (χ2n) is 8.44. The standard InChI is InChI=1S/C27H27N3O5/c1-2-17(14-26(32)33)29-25(31)13-18-11-12-19(15-28-18)30-27(34)35-16-24-22-9-5-3-7-20(22)21-8-4-6-10-23(21)24/h3-12,15,17,24H,2,13-14,16H2,1H3,(H,29,31)(H,30,34)(H,32,33). The molecule has 8 nitrogen and oxygen atoms in total. The Balaban J connectivity index is 1.30. The van der Waals surface area contributed by atoms with Gasteiger partial charge in [0, 0.05) is 17.7 Å². The number of carboxylic acid groups (broad SMARTS) is 1. The van der Waals surface area contributed by atoms with E-state index in [1.54, 1.807) is 12.1 Å². The fraction of sp³-hybridized carbons (Fsp3) is 0.259. The molecule has 1 aliphatic carbocycles. The highest BCUT2D eigenvalue weighted by atomic mass is 16.5. The molecule has 4 rings (SSSR count). The van der Waals surface area contributed by atoms with Gasteiger partial charge in [0.05, 0.1) is 24.7 Å². The predicted molar refractivity (Wildman–Crippen MR) is 131 cm³/mol. The Morgan fingerprint density at radius 1 is 1.00 bits per heavy atom. The third-order valence-corrected chi connectivity index (χ3v) is 6.04. The molecule has 0 fully saturated rings. The number of aliphatic carboxylic acids is 1. The maximum absolute atomic E-state index is 12.4. The summed E-state index contributed by atoms with van der Waals surface area (Å²) in [6.07, 6.45) is 1.28. The molecule has 8 heteroatoms. The van der Waals surface area contributed by atoms with E-state index in [2.05, 4.69) is 39.9 Å². The molecular formula is C27H27N3O5. The SMILES string of the molecule is CCC(CC(=O)O)NC(=O)Cc1ccc(NC(=O)OCC2c3ccccc3-c3ccccc32)cn1. The first-order valence-electron chi connectivity index (χ1n) is 11.5. The van der Waals surface area contributed by atoms with Crippen LogP contribution in [0.25, 0.3) is 11.1 Å². The lowest BCUT2D eigenvalue weighted by molar-refractivity contribution is -0.137. The number of fused-ring (bicyclic) bond motifs is 3. The highest BCUT2D eigenvalue weighted by Gasteiger charge is 2.29. The molecule has 35 heavy (non-hydrogen) atoms. The summed E-state index contributed by atoms with van der Waals surface area (Å²) in [5.74, 6) is -1.29. The number of pyridine rings is 1. The molecule has 180 valence electrons. The summed E-state index contributed by atoms with van der Waals surface area (Å²) >= 11 is 0. The number of nitrogens with zero attached hydrogens (tertiary/aromatic N) is 1. The van der Waals surface area contributed by atoms with Crippen LogP contribution in [-0.4, -0.2) is 40.7 Å². The first-order valence-corrected chi connectivity index (χ1v) is 11.5. The maximum atomic E-state index is 12.4. The van der Waals surface area contributed by atoms with E-state index in [4.69, 9.17) is 9.84 Å². The first kappa shape index (κ1) is 23.9. The minimum absolute atomic E-state index is 0.0152. The topological polar surface area (TPSA) is 118 Å². The minimum Gasteiger partial charge on any atom is -0.481 e. The van der Waals surface area contributed by atoms with Gasteiger partial charge in [-0.05, 0) is 40.8 Å². The van der Waals surface area contributed by atoms with Crippen molar-refractivity contribution in [3.05, 3.63) is 83.7 Å². The van der Waals surface area contributed by atoms with Gasteiger partial charge in [-0.3, -0.25) is 19.9 Å². The van der Waals surface area contributed by atoms with Crippen LogP contribution in [0, 0.1) is 0 Å². The molecular weight excluding hydrogens is 446 g/mol. The van der Waals surface area contributed by atoms with Crippen LogP contribution in [0.5, 0.6) is 0 Å². The normalized spacial score (nSPS) is 12.8.